The van der Waals surface area contributed by atoms with Gasteiger partial charge >= 0.3 is 0 Å². The van der Waals surface area contributed by atoms with Crippen LogP contribution in [0.15, 0.2) is 0 Å². The summed E-state index contributed by atoms with van der Waals surface area (Å²) in [5.74, 6) is 0. The Morgan fingerprint density at radius 1 is 0.750 bits per heavy atom. The average molecular weight is 176 g/mol. The summed E-state index contributed by atoms with van der Waals surface area (Å²) in [5, 5.41) is 0. The molecule has 0 aliphatic heterocycles. The van der Waals surface area contributed by atoms with E-state index in [-0.39, 0.29) is 0 Å². The first-order valence-corrected chi connectivity index (χ1v) is 4.81. The van der Waals surface area contributed by atoms with Crippen LogP contribution in [0.1, 0.15) is 46.0 Å². The van der Waals surface area contributed by atoms with Gasteiger partial charge < -0.3 is 9.47 Å². The van der Waals surface area contributed by atoms with E-state index in [1.807, 2.05) is 0 Å². The highest BCUT2D eigenvalue weighted by molar-refractivity contribution is 4.35. The van der Waals surface area contributed by atoms with Gasteiger partial charge in [-0.2, -0.15) is 0 Å². The highest BCUT2D eigenvalue weighted by Crippen LogP contribution is 2.00. The van der Waals surface area contributed by atoms with Crippen LogP contribution in [-0.4, -0.2) is 21.0 Å². The lowest BCUT2D eigenvalue weighted by molar-refractivity contribution is -0.00271. The molecule has 0 heterocycles. The van der Waals surface area contributed by atoms with Crippen LogP contribution in [0.2, 0.25) is 0 Å². The van der Waals surface area contributed by atoms with E-state index < -0.39 is 0 Å². The first kappa shape index (κ1) is 14.4. The zero-order chi connectivity index (χ0) is 9.66. The molecule has 0 atom stereocenters. The van der Waals surface area contributed by atoms with Gasteiger partial charge in [-0.05, 0) is 0 Å². The monoisotopic (exact) mass is 176 g/mol. The van der Waals surface area contributed by atoms with Gasteiger partial charge in [-0.3, -0.25) is 0 Å². The molecule has 0 saturated carbocycles. The highest BCUT2D eigenvalue weighted by Gasteiger charge is 1.80. The van der Waals surface area contributed by atoms with Crippen molar-refractivity contribution < 1.29 is 9.47 Å². The van der Waals surface area contributed by atoms with Gasteiger partial charge in [0.05, 0.1) is 0 Å². The summed E-state index contributed by atoms with van der Waals surface area (Å²) in [7, 11) is 3.17. The number of methoxy groups -OCH3 is 2. The Morgan fingerprint density at radius 3 is 1.33 bits per heavy atom. The van der Waals surface area contributed by atoms with Crippen LogP contribution < -0.4 is 0 Å². The fourth-order valence-electron chi connectivity index (χ4n) is 0.795. The summed E-state index contributed by atoms with van der Waals surface area (Å²) in [6, 6.07) is 0. The smallest absolute Gasteiger partial charge is 0.145 e. The molecule has 76 valence electrons. The maximum absolute atomic E-state index is 4.47. The molecule has 2 nitrogen and oxygen atoms in total. The second-order valence-electron chi connectivity index (χ2n) is 2.76. The fraction of sp³-hybridized carbons (Fsp3) is 1.00. The van der Waals surface area contributed by atoms with Crippen molar-refractivity contribution in [3.63, 3.8) is 0 Å². The van der Waals surface area contributed by atoms with Crippen molar-refractivity contribution in [1.29, 1.82) is 0 Å². The van der Waals surface area contributed by atoms with Crippen LogP contribution in [0.25, 0.3) is 0 Å². The summed E-state index contributed by atoms with van der Waals surface area (Å²) in [5.41, 5.74) is 0. The third-order valence-corrected chi connectivity index (χ3v) is 1.44. The second kappa shape index (κ2) is 17.1. The molecule has 0 amide bonds. The normalized spacial score (nSPS) is 9.00. The van der Waals surface area contributed by atoms with Crippen LogP contribution >= 0.6 is 0 Å². The Balaban J connectivity index is 0. The molecule has 0 aromatic carbocycles. The number of unbranched alkanes of at least 4 members (excludes halogenated alkanes) is 4. The predicted molar refractivity (Wildman–Crippen MR) is 53.3 cm³/mol. The zero-order valence-electron chi connectivity index (χ0n) is 9.06. The predicted octanol–water partition coefficient (Wildman–Crippen LogP) is 3.21. The van der Waals surface area contributed by atoms with E-state index in [0.717, 1.165) is 0 Å². The molecule has 0 rings (SSSR count). The molecule has 2 heteroatoms. The van der Waals surface area contributed by atoms with Crippen molar-refractivity contribution in [3.8, 4) is 0 Å². The quantitative estimate of drug-likeness (QED) is 0.457. The van der Waals surface area contributed by atoms with E-state index in [1.54, 1.807) is 14.2 Å². The summed E-state index contributed by atoms with van der Waals surface area (Å²) in [6.07, 6.45) is 7.01. The lowest BCUT2D eigenvalue weighted by Gasteiger charge is -1.90. The second-order valence-corrected chi connectivity index (χ2v) is 2.76. The minimum absolute atomic E-state index is 0.389. The Hall–Kier alpha value is -0.0800. The van der Waals surface area contributed by atoms with Gasteiger partial charge in [0.15, 0.2) is 0 Å². The van der Waals surface area contributed by atoms with Crippen molar-refractivity contribution >= 4 is 0 Å². The van der Waals surface area contributed by atoms with Gasteiger partial charge in [-0.25, -0.2) is 0 Å². The first-order valence-electron chi connectivity index (χ1n) is 4.81. The van der Waals surface area contributed by atoms with Gasteiger partial charge in [-0.1, -0.05) is 46.0 Å². The van der Waals surface area contributed by atoms with Gasteiger partial charge in [0.1, 0.15) is 6.79 Å². The van der Waals surface area contributed by atoms with Crippen molar-refractivity contribution in [1.82, 2.24) is 0 Å². The van der Waals surface area contributed by atoms with Crippen molar-refractivity contribution in [2.75, 3.05) is 21.0 Å². The summed E-state index contributed by atoms with van der Waals surface area (Å²) in [4.78, 5) is 0. The van der Waals surface area contributed by atoms with Crippen molar-refractivity contribution in [2.24, 2.45) is 0 Å². The summed E-state index contributed by atoms with van der Waals surface area (Å²) in [6.45, 7) is 4.88. The molecule has 0 aromatic rings. The Morgan fingerprint density at radius 2 is 1.17 bits per heavy atom. The van der Waals surface area contributed by atoms with E-state index in [2.05, 4.69) is 23.3 Å². The van der Waals surface area contributed by atoms with E-state index >= 15 is 0 Å². The van der Waals surface area contributed by atoms with E-state index in [9.17, 15) is 0 Å². The SMILES string of the molecule is CCCCCCC.COCOC. The standard InChI is InChI=1S/C7H16.C3H8O2/c1-3-5-7-6-4-2;1-4-3-5-2/h3-7H2,1-2H3;3H2,1-2H3. The number of ether oxygens (including phenoxy) is 2. The molecule has 0 N–H and O–H groups in total. The zero-order valence-corrected chi connectivity index (χ0v) is 9.06. The molecule has 0 spiro atoms. The van der Waals surface area contributed by atoms with E-state index in [0.29, 0.717) is 6.79 Å². The summed E-state index contributed by atoms with van der Waals surface area (Å²) < 4.78 is 8.94. The molecule has 0 aliphatic rings. The molecule has 0 radical (unpaired) electrons. The lowest BCUT2D eigenvalue weighted by Crippen LogP contribution is -1.87. The number of hydrogen-bond acceptors (Lipinski definition) is 2. The molecule has 0 fully saturated rings. The fourth-order valence-corrected chi connectivity index (χ4v) is 0.795. The van der Waals surface area contributed by atoms with Crippen LogP contribution in [0, 0.1) is 0 Å². The average Bonchev–Trinajstić information content (AvgIpc) is 2.08. The Bertz CT molecular complexity index is 49.8. The van der Waals surface area contributed by atoms with Gasteiger partial charge in [0.2, 0.25) is 0 Å². The molecular formula is C10H24O2. The lowest BCUT2D eigenvalue weighted by atomic mass is 10.2. The molecule has 0 aromatic heterocycles. The topological polar surface area (TPSA) is 18.5 Å². The van der Waals surface area contributed by atoms with E-state index in [1.165, 1.54) is 32.1 Å². The summed E-state index contributed by atoms with van der Waals surface area (Å²) >= 11 is 0. The molecule has 0 unspecified atom stereocenters. The van der Waals surface area contributed by atoms with Crippen molar-refractivity contribution in [2.45, 2.75) is 46.0 Å². The van der Waals surface area contributed by atoms with Crippen molar-refractivity contribution in [3.05, 3.63) is 0 Å². The molecule has 0 aliphatic carbocycles. The van der Waals surface area contributed by atoms with Gasteiger partial charge in [0, 0.05) is 14.2 Å². The minimum atomic E-state index is 0.389. The maximum Gasteiger partial charge on any atom is 0.145 e. The third kappa shape index (κ3) is 22.5. The highest BCUT2D eigenvalue weighted by atomic mass is 16.6. The third-order valence-electron chi connectivity index (χ3n) is 1.44. The molecule has 0 bridgehead atoms. The number of hydrogen-bond donors (Lipinski definition) is 0. The maximum atomic E-state index is 4.47. The van der Waals surface area contributed by atoms with Gasteiger partial charge in [0.25, 0.3) is 0 Å². The molecule has 0 saturated heterocycles. The van der Waals surface area contributed by atoms with Crippen LogP contribution in [0.5, 0.6) is 0 Å². The Labute approximate surface area is 77.3 Å². The van der Waals surface area contributed by atoms with Gasteiger partial charge in [-0.15, -0.1) is 0 Å². The molecule has 12 heavy (non-hydrogen) atoms. The van der Waals surface area contributed by atoms with Crippen LogP contribution in [0.3, 0.4) is 0 Å². The minimum Gasteiger partial charge on any atom is -0.359 e. The Kier molecular flexibility index (Phi) is 20.6. The largest absolute Gasteiger partial charge is 0.359 e. The number of rotatable bonds is 6. The first-order chi connectivity index (χ1) is 5.83. The van der Waals surface area contributed by atoms with Crippen LogP contribution in [0.4, 0.5) is 0 Å². The van der Waals surface area contributed by atoms with E-state index in [4.69, 9.17) is 0 Å². The van der Waals surface area contributed by atoms with Crippen LogP contribution in [-0.2, 0) is 9.47 Å². The molecular weight excluding hydrogens is 152 g/mol.